The molecule has 6 nitrogen and oxygen atoms in total. The van der Waals surface area contributed by atoms with Gasteiger partial charge in [0.1, 0.15) is 34.5 Å². The highest BCUT2D eigenvalue weighted by atomic mass is 33.1. The molecule has 1 aliphatic carbocycles. The van der Waals surface area contributed by atoms with Crippen LogP contribution in [0.15, 0.2) is 78.9 Å². The molecule has 4 aromatic rings. The molecule has 0 saturated heterocycles. The lowest BCUT2D eigenvalue weighted by Crippen LogP contribution is -2.05. The van der Waals surface area contributed by atoms with Gasteiger partial charge in [0.2, 0.25) is 0 Å². The monoisotopic (exact) mass is 602 g/mol. The predicted molar refractivity (Wildman–Crippen MR) is 173 cm³/mol. The zero-order chi connectivity index (χ0) is 29.6. The smallest absolute Gasteiger partial charge is 0.127 e. The third-order valence-corrected chi connectivity index (χ3v) is 9.66. The summed E-state index contributed by atoms with van der Waals surface area (Å²) in [5.41, 5.74) is 6.67. The molecule has 0 radical (unpaired) electrons. The number of ether oxygens (including phenoxy) is 6. The van der Waals surface area contributed by atoms with E-state index in [0.29, 0.717) is 0 Å². The summed E-state index contributed by atoms with van der Waals surface area (Å²) in [5, 5.41) is 0. The van der Waals surface area contributed by atoms with Crippen LogP contribution in [0.2, 0.25) is 0 Å². The molecule has 0 heterocycles. The van der Waals surface area contributed by atoms with Crippen LogP contribution in [0, 0.1) is 0 Å². The fourth-order valence-corrected chi connectivity index (χ4v) is 7.73. The molecule has 42 heavy (non-hydrogen) atoms. The van der Waals surface area contributed by atoms with Crippen LogP contribution in [0.25, 0.3) is 10.5 Å². The van der Waals surface area contributed by atoms with Crippen molar-refractivity contribution in [1.82, 2.24) is 0 Å². The van der Waals surface area contributed by atoms with Gasteiger partial charge in [0.05, 0.1) is 42.7 Å². The van der Waals surface area contributed by atoms with Crippen LogP contribution in [0.4, 0.5) is 0 Å². The van der Waals surface area contributed by atoms with Crippen molar-refractivity contribution in [1.29, 1.82) is 0 Å². The highest BCUT2D eigenvalue weighted by Gasteiger charge is 2.37. The van der Waals surface area contributed by atoms with Gasteiger partial charge < -0.3 is 28.4 Å². The summed E-state index contributed by atoms with van der Waals surface area (Å²) < 4.78 is 33.9. The van der Waals surface area contributed by atoms with Crippen LogP contribution >= 0.6 is 21.6 Å². The minimum atomic E-state index is -0.151. The molecule has 1 aliphatic rings. The lowest BCUT2D eigenvalue weighted by Gasteiger charge is -2.22. The second-order valence-corrected chi connectivity index (χ2v) is 11.8. The number of hydrogen-bond acceptors (Lipinski definition) is 8. The van der Waals surface area contributed by atoms with Gasteiger partial charge >= 0.3 is 0 Å². The van der Waals surface area contributed by atoms with E-state index in [0.717, 1.165) is 67.4 Å². The second kappa shape index (κ2) is 13.4. The number of fused-ring (bicyclic) bond motifs is 1. The van der Waals surface area contributed by atoms with Gasteiger partial charge in [-0.25, -0.2) is 0 Å². The summed E-state index contributed by atoms with van der Waals surface area (Å²) >= 11 is 0. The van der Waals surface area contributed by atoms with Crippen molar-refractivity contribution in [2.75, 3.05) is 42.7 Å². The number of allylic oxidation sites excluding steroid dienone is 1. The highest BCUT2D eigenvalue weighted by Crippen LogP contribution is 2.60. The molecule has 0 amide bonds. The fraction of sp³-hybridized carbons (Fsp3) is 0.235. The lowest BCUT2D eigenvalue weighted by atomic mass is 9.84. The molecule has 0 spiro atoms. The molecule has 0 N–H and O–H groups in total. The molecule has 0 unspecified atom stereocenters. The Hall–Kier alpha value is -3.88. The first-order chi connectivity index (χ1) is 20.5. The first-order valence-corrected chi connectivity index (χ1v) is 15.7. The summed E-state index contributed by atoms with van der Waals surface area (Å²) in [6.45, 7) is 0. The number of rotatable bonds is 12. The quantitative estimate of drug-likeness (QED) is 0.150. The Morgan fingerprint density at radius 1 is 0.571 bits per heavy atom. The maximum Gasteiger partial charge on any atom is 0.127 e. The molecule has 0 saturated carbocycles. The van der Waals surface area contributed by atoms with Gasteiger partial charge in [-0.3, -0.25) is 0 Å². The number of hydrogen-bond donors (Lipinski definition) is 0. The van der Waals surface area contributed by atoms with Gasteiger partial charge in [0.25, 0.3) is 0 Å². The molecule has 0 aromatic heterocycles. The molecule has 8 heteroatoms. The third kappa shape index (κ3) is 6.01. The normalized spacial score (nSPS) is 13.9. The van der Waals surface area contributed by atoms with Gasteiger partial charge in [0, 0.05) is 39.8 Å². The van der Waals surface area contributed by atoms with Gasteiger partial charge in [-0.1, -0.05) is 45.9 Å². The van der Waals surface area contributed by atoms with Crippen molar-refractivity contribution in [3.63, 3.8) is 0 Å². The molecular weight excluding hydrogens is 569 g/mol. The van der Waals surface area contributed by atoms with Gasteiger partial charge in [-0.05, 0) is 64.7 Å². The molecule has 218 valence electrons. The van der Waals surface area contributed by atoms with E-state index in [9.17, 15) is 0 Å². The van der Waals surface area contributed by atoms with Crippen LogP contribution in [0.5, 0.6) is 34.5 Å². The van der Waals surface area contributed by atoms with Crippen molar-refractivity contribution in [2.45, 2.75) is 11.7 Å². The van der Waals surface area contributed by atoms with Crippen LogP contribution in [0.1, 0.15) is 33.7 Å². The Morgan fingerprint density at radius 3 is 1.67 bits per heavy atom. The van der Waals surface area contributed by atoms with E-state index in [4.69, 9.17) is 28.4 Å². The van der Waals surface area contributed by atoms with Crippen molar-refractivity contribution in [3.05, 3.63) is 107 Å². The summed E-state index contributed by atoms with van der Waals surface area (Å²) in [5.74, 6) is 5.27. The Morgan fingerprint density at radius 2 is 1.12 bits per heavy atom. The van der Waals surface area contributed by atoms with E-state index >= 15 is 0 Å². The first-order valence-electron chi connectivity index (χ1n) is 13.3. The SMILES string of the molecule is COc1ccc(CSSC2=C(c3ccc(OC)cc3)[C@@H](c3cc(OC)cc(OC)c3)c3c(OC)cc(OC)cc32)cc1. The van der Waals surface area contributed by atoms with E-state index in [2.05, 4.69) is 42.5 Å². The Bertz CT molecular complexity index is 1540. The zero-order valence-electron chi connectivity index (χ0n) is 24.6. The molecular formula is C34H34O6S2. The molecule has 5 rings (SSSR count). The highest BCUT2D eigenvalue weighted by molar-refractivity contribution is 8.79. The van der Waals surface area contributed by atoms with Crippen LogP contribution in [-0.2, 0) is 5.75 Å². The minimum absolute atomic E-state index is 0.151. The average molecular weight is 603 g/mol. The third-order valence-electron chi connectivity index (χ3n) is 7.27. The number of methoxy groups -OCH3 is 6. The van der Waals surface area contributed by atoms with Crippen molar-refractivity contribution < 1.29 is 28.4 Å². The number of benzene rings is 4. The van der Waals surface area contributed by atoms with Crippen molar-refractivity contribution in [3.8, 4) is 34.5 Å². The van der Waals surface area contributed by atoms with E-state index < -0.39 is 0 Å². The Balaban J connectivity index is 1.69. The maximum absolute atomic E-state index is 6.01. The Labute approximate surface area is 255 Å². The average Bonchev–Trinajstić information content (AvgIpc) is 3.38. The summed E-state index contributed by atoms with van der Waals surface area (Å²) in [7, 11) is 13.6. The molecule has 0 fully saturated rings. The van der Waals surface area contributed by atoms with Crippen molar-refractivity contribution in [2.24, 2.45) is 0 Å². The van der Waals surface area contributed by atoms with Crippen LogP contribution < -0.4 is 28.4 Å². The Kier molecular flexibility index (Phi) is 9.45. The maximum atomic E-state index is 6.01. The first kappa shape index (κ1) is 29.6. The zero-order valence-corrected chi connectivity index (χ0v) is 26.2. The summed E-state index contributed by atoms with van der Waals surface area (Å²) in [4.78, 5) is 1.15. The largest absolute Gasteiger partial charge is 0.497 e. The fourth-order valence-electron chi connectivity index (χ4n) is 5.16. The van der Waals surface area contributed by atoms with Gasteiger partial charge in [-0.15, -0.1) is 0 Å². The van der Waals surface area contributed by atoms with E-state index in [1.807, 2.05) is 36.4 Å². The van der Waals surface area contributed by atoms with E-state index in [1.54, 1.807) is 64.2 Å². The van der Waals surface area contributed by atoms with Gasteiger partial charge in [0.15, 0.2) is 0 Å². The standard InChI is InChI=1S/C34H34O6S2/c1-35-24-11-7-21(8-12-24)20-41-42-34-29-18-28(39-5)19-30(40-6)33(29)31(23-15-26(37-3)17-27(16-23)38-4)32(34)22-9-13-25(36-2)14-10-22/h7-19,31H,20H2,1-6H3/t31-/m1/s1. The molecule has 1 atom stereocenters. The predicted octanol–water partition coefficient (Wildman–Crippen LogP) is 8.33. The topological polar surface area (TPSA) is 55.4 Å². The summed E-state index contributed by atoms with van der Waals surface area (Å²) in [6.07, 6.45) is 0. The molecule has 0 aliphatic heterocycles. The van der Waals surface area contributed by atoms with Crippen LogP contribution in [0.3, 0.4) is 0 Å². The van der Waals surface area contributed by atoms with Crippen molar-refractivity contribution >= 4 is 32.1 Å². The lowest BCUT2D eigenvalue weighted by molar-refractivity contribution is 0.389. The van der Waals surface area contributed by atoms with Gasteiger partial charge in [-0.2, -0.15) is 0 Å². The van der Waals surface area contributed by atoms with E-state index in [-0.39, 0.29) is 5.92 Å². The molecule has 0 bridgehead atoms. The minimum Gasteiger partial charge on any atom is -0.497 e. The summed E-state index contributed by atoms with van der Waals surface area (Å²) in [6, 6.07) is 26.5. The van der Waals surface area contributed by atoms with E-state index in [1.165, 1.54) is 11.1 Å². The van der Waals surface area contributed by atoms with Crippen LogP contribution in [-0.4, -0.2) is 42.7 Å². The molecule has 4 aromatic carbocycles. The second-order valence-electron chi connectivity index (χ2n) is 9.53.